The van der Waals surface area contributed by atoms with Crippen LogP contribution < -0.4 is 22.9 Å². The van der Waals surface area contributed by atoms with Gasteiger partial charge in [-0.1, -0.05) is 98.4 Å². The molecule has 0 spiro atoms. The van der Waals surface area contributed by atoms with Crippen molar-refractivity contribution in [2.75, 3.05) is 22.9 Å². The fourth-order valence-corrected chi connectivity index (χ4v) is 6.17. The molecule has 8 N–H and O–H groups in total. The standard InChI is InChI=1S/C21H28Cl2N2.C13H12Cl2N2/c1-5-12-9-14(18(22)16(7-3)20(12)24)11-15-10-13(6-2)21(25)17(8-4)19(15)23;14-10-6-8(1-3-12(10)16)5-9-2-4-13(17)11(15)7-9/h9-10H,5-8,11,24-25H2,1-4H3;1-4,6-7H,5,16-17H2. The number of halogens is 4. The maximum absolute atomic E-state index is 6.68. The Morgan fingerprint density at radius 1 is 0.476 bits per heavy atom. The van der Waals surface area contributed by atoms with Gasteiger partial charge in [0.1, 0.15) is 0 Å². The average Bonchev–Trinajstić information content (AvgIpc) is 2.96. The van der Waals surface area contributed by atoms with Crippen molar-refractivity contribution in [2.24, 2.45) is 0 Å². The smallest absolute Gasteiger partial charge is 0.0638 e. The van der Waals surface area contributed by atoms with Gasteiger partial charge in [-0.3, -0.25) is 0 Å². The maximum Gasteiger partial charge on any atom is 0.0638 e. The van der Waals surface area contributed by atoms with E-state index in [0.29, 0.717) is 27.8 Å². The normalized spacial score (nSPS) is 10.9. The van der Waals surface area contributed by atoms with Crippen LogP contribution in [-0.2, 0) is 38.5 Å². The third-order valence-corrected chi connectivity index (χ3v) is 9.12. The molecule has 0 fully saturated rings. The van der Waals surface area contributed by atoms with E-state index in [1.54, 1.807) is 12.1 Å². The number of nitrogen functional groups attached to an aromatic ring is 4. The molecule has 0 radical (unpaired) electrons. The Morgan fingerprint density at radius 3 is 1.17 bits per heavy atom. The fourth-order valence-electron chi connectivity index (χ4n) is 5.05. The first-order valence-corrected chi connectivity index (χ1v) is 15.7. The van der Waals surface area contributed by atoms with Crippen molar-refractivity contribution in [3.63, 3.8) is 0 Å². The highest BCUT2D eigenvalue weighted by atomic mass is 35.5. The first kappa shape index (κ1) is 33.7. The van der Waals surface area contributed by atoms with E-state index in [9.17, 15) is 0 Å². The SMILES string of the molecule is CCc1cc(Cc2cc(CC)c(N)c(CC)c2Cl)c(Cl)c(CC)c1N.Nc1ccc(Cc2ccc(N)c(Cl)c2)cc1Cl. The van der Waals surface area contributed by atoms with Crippen LogP contribution in [0.15, 0.2) is 48.5 Å². The zero-order valence-corrected chi connectivity index (χ0v) is 27.7. The Hall–Kier alpha value is -2.76. The van der Waals surface area contributed by atoms with E-state index in [2.05, 4.69) is 39.8 Å². The van der Waals surface area contributed by atoms with E-state index >= 15 is 0 Å². The summed E-state index contributed by atoms with van der Waals surface area (Å²) in [5.74, 6) is 0. The van der Waals surface area contributed by atoms with Crippen LogP contribution in [0.3, 0.4) is 0 Å². The van der Waals surface area contributed by atoms with E-state index < -0.39 is 0 Å². The number of rotatable bonds is 8. The largest absolute Gasteiger partial charge is 0.398 e. The van der Waals surface area contributed by atoms with E-state index in [0.717, 1.165) is 98.0 Å². The topological polar surface area (TPSA) is 104 Å². The van der Waals surface area contributed by atoms with Crippen molar-refractivity contribution in [2.45, 2.75) is 66.2 Å². The van der Waals surface area contributed by atoms with Crippen molar-refractivity contribution in [3.05, 3.63) is 113 Å². The summed E-state index contributed by atoms with van der Waals surface area (Å²) in [4.78, 5) is 0. The summed E-state index contributed by atoms with van der Waals surface area (Å²) in [5.41, 5.74) is 35.4. The minimum absolute atomic E-state index is 0.573. The fraction of sp³-hybridized carbons (Fsp3) is 0.294. The van der Waals surface area contributed by atoms with Gasteiger partial charge in [0.2, 0.25) is 0 Å². The number of aryl methyl sites for hydroxylation is 2. The summed E-state index contributed by atoms with van der Waals surface area (Å²) < 4.78 is 0. The summed E-state index contributed by atoms with van der Waals surface area (Å²) in [6.07, 6.45) is 4.86. The molecular formula is C34H40Cl4N4. The lowest BCUT2D eigenvalue weighted by molar-refractivity contribution is 1.04. The van der Waals surface area contributed by atoms with Gasteiger partial charge in [-0.25, -0.2) is 0 Å². The first-order valence-electron chi connectivity index (χ1n) is 14.2. The maximum atomic E-state index is 6.68. The zero-order valence-electron chi connectivity index (χ0n) is 24.7. The van der Waals surface area contributed by atoms with Gasteiger partial charge in [0.05, 0.1) is 21.4 Å². The summed E-state index contributed by atoms with van der Waals surface area (Å²) in [6, 6.07) is 15.5. The molecule has 0 heterocycles. The lowest BCUT2D eigenvalue weighted by Gasteiger charge is -2.18. The van der Waals surface area contributed by atoms with Gasteiger partial charge >= 0.3 is 0 Å². The molecule has 4 rings (SSSR count). The number of hydrogen-bond donors (Lipinski definition) is 4. The van der Waals surface area contributed by atoms with Gasteiger partial charge in [0, 0.05) is 27.8 Å². The lowest BCUT2D eigenvalue weighted by atomic mass is 9.92. The molecule has 42 heavy (non-hydrogen) atoms. The van der Waals surface area contributed by atoms with Gasteiger partial charge in [-0.05, 0) is 101 Å². The molecule has 4 aromatic carbocycles. The second-order valence-corrected chi connectivity index (χ2v) is 11.9. The van der Waals surface area contributed by atoms with Gasteiger partial charge < -0.3 is 22.9 Å². The Kier molecular flexibility index (Phi) is 12.1. The molecule has 0 atom stereocenters. The second-order valence-electron chi connectivity index (χ2n) is 10.3. The molecule has 0 saturated heterocycles. The summed E-state index contributed by atoms with van der Waals surface area (Å²) >= 11 is 25.3. The van der Waals surface area contributed by atoms with E-state index in [4.69, 9.17) is 69.3 Å². The summed E-state index contributed by atoms with van der Waals surface area (Å²) in [7, 11) is 0. The Labute approximate surface area is 270 Å². The minimum atomic E-state index is 0.573. The quantitative estimate of drug-likeness (QED) is 0.143. The van der Waals surface area contributed by atoms with Gasteiger partial charge in [-0.2, -0.15) is 0 Å². The van der Waals surface area contributed by atoms with Crippen molar-refractivity contribution >= 4 is 69.2 Å². The molecule has 224 valence electrons. The van der Waals surface area contributed by atoms with Crippen molar-refractivity contribution in [1.29, 1.82) is 0 Å². The predicted octanol–water partition coefficient (Wildman–Crippen LogP) is 9.75. The molecule has 0 unspecified atom stereocenters. The van der Waals surface area contributed by atoms with Crippen LogP contribution in [0.4, 0.5) is 22.7 Å². The van der Waals surface area contributed by atoms with E-state index in [1.807, 2.05) is 24.3 Å². The molecule has 0 aliphatic carbocycles. The molecule has 0 amide bonds. The highest BCUT2D eigenvalue weighted by Gasteiger charge is 2.17. The highest BCUT2D eigenvalue weighted by molar-refractivity contribution is 6.34. The average molecular weight is 647 g/mol. The Balaban J connectivity index is 0.000000247. The summed E-state index contributed by atoms with van der Waals surface area (Å²) in [6.45, 7) is 8.40. The zero-order chi connectivity index (χ0) is 31.1. The van der Waals surface area contributed by atoms with Crippen LogP contribution in [0.2, 0.25) is 20.1 Å². The minimum Gasteiger partial charge on any atom is -0.398 e. The second kappa shape index (κ2) is 15.1. The molecule has 8 heteroatoms. The van der Waals surface area contributed by atoms with Crippen molar-refractivity contribution < 1.29 is 0 Å². The van der Waals surface area contributed by atoms with E-state index in [1.165, 1.54) is 0 Å². The van der Waals surface area contributed by atoms with Crippen LogP contribution in [0.25, 0.3) is 0 Å². The Bertz CT molecular complexity index is 1450. The Morgan fingerprint density at radius 2 is 0.857 bits per heavy atom. The molecule has 0 bridgehead atoms. The molecule has 4 nitrogen and oxygen atoms in total. The van der Waals surface area contributed by atoms with Gasteiger partial charge in [0.15, 0.2) is 0 Å². The van der Waals surface area contributed by atoms with Crippen LogP contribution in [0.1, 0.15) is 72.2 Å². The molecule has 0 saturated carbocycles. The van der Waals surface area contributed by atoms with Crippen LogP contribution >= 0.6 is 46.4 Å². The number of anilines is 4. The molecule has 0 aromatic heterocycles. The number of hydrogen-bond acceptors (Lipinski definition) is 4. The molecule has 4 aromatic rings. The molecule has 0 aliphatic rings. The lowest BCUT2D eigenvalue weighted by Crippen LogP contribution is -2.06. The third kappa shape index (κ3) is 7.79. The van der Waals surface area contributed by atoms with Gasteiger partial charge in [0.25, 0.3) is 0 Å². The third-order valence-electron chi connectivity index (χ3n) is 7.52. The van der Waals surface area contributed by atoms with E-state index in [-0.39, 0.29) is 0 Å². The summed E-state index contributed by atoms with van der Waals surface area (Å²) in [5, 5.41) is 2.68. The molecule has 0 aliphatic heterocycles. The van der Waals surface area contributed by atoms with Crippen LogP contribution in [-0.4, -0.2) is 0 Å². The monoisotopic (exact) mass is 644 g/mol. The number of benzene rings is 4. The molecular weight excluding hydrogens is 606 g/mol. The highest BCUT2D eigenvalue weighted by Crippen LogP contribution is 2.36. The number of nitrogens with two attached hydrogens (primary N) is 4. The first-order chi connectivity index (χ1) is 19.9. The van der Waals surface area contributed by atoms with Crippen LogP contribution in [0, 0.1) is 0 Å². The predicted molar refractivity (Wildman–Crippen MR) is 187 cm³/mol. The van der Waals surface area contributed by atoms with Crippen molar-refractivity contribution in [1.82, 2.24) is 0 Å². The van der Waals surface area contributed by atoms with Crippen molar-refractivity contribution in [3.8, 4) is 0 Å². The van der Waals surface area contributed by atoms with Crippen LogP contribution in [0.5, 0.6) is 0 Å². The van der Waals surface area contributed by atoms with Gasteiger partial charge in [-0.15, -0.1) is 0 Å².